The molecule has 1 aliphatic carbocycles. The summed E-state index contributed by atoms with van der Waals surface area (Å²) < 4.78 is 43.3. The Labute approximate surface area is 193 Å². The largest absolute Gasteiger partial charge is 0.366 e. The summed E-state index contributed by atoms with van der Waals surface area (Å²) in [7, 11) is -2.07. The van der Waals surface area contributed by atoms with Gasteiger partial charge in [0.05, 0.1) is 21.6 Å². The van der Waals surface area contributed by atoms with E-state index in [1.165, 1.54) is 44.9 Å². The minimum absolute atomic E-state index is 0.181. The second kappa shape index (κ2) is 8.23. The molecule has 1 spiro atoms. The van der Waals surface area contributed by atoms with Crippen molar-refractivity contribution in [2.24, 2.45) is 0 Å². The first kappa shape index (κ1) is 22.1. The van der Waals surface area contributed by atoms with E-state index in [2.05, 4.69) is 22.1 Å². The number of thiazole rings is 1. The highest BCUT2D eigenvalue weighted by molar-refractivity contribution is 7.90. The first-order valence-corrected chi connectivity index (χ1v) is 13.5. The van der Waals surface area contributed by atoms with E-state index in [-0.39, 0.29) is 6.04 Å². The third-order valence-electron chi connectivity index (χ3n) is 7.21. The third kappa shape index (κ3) is 3.81. The Morgan fingerprint density at radius 3 is 2.84 bits per heavy atom. The van der Waals surface area contributed by atoms with Crippen LogP contribution in [0.15, 0.2) is 29.8 Å². The van der Waals surface area contributed by atoms with Gasteiger partial charge in [-0.1, -0.05) is 6.07 Å². The van der Waals surface area contributed by atoms with Crippen LogP contribution in [0.3, 0.4) is 0 Å². The highest BCUT2D eigenvalue weighted by atomic mass is 32.2. The quantitative estimate of drug-likeness (QED) is 0.709. The Bertz CT molecular complexity index is 1090. The van der Waals surface area contributed by atoms with Crippen molar-refractivity contribution in [2.75, 3.05) is 29.8 Å². The smallest absolute Gasteiger partial charge is 0.304 e. The average molecular weight is 480 g/mol. The molecule has 2 aromatic rings. The van der Waals surface area contributed by atoms with E-state index >= 15 is 0 Å². The molecule has 2 saturated heterocycles. The van der Waals surface area contributed by atoms with Crippen molar-refractivity contribution in [1.29, 1.82) is 0 Å². The average Bonchev–Trinajstić information content (AvgIpc) is 3.20. The number of aromatic nitrogens is 1. The summed E-state index contributed by atoms with van der Waals surface area (Å²) in [5, 5.41) is 3.57. The molecule has 5 rings (SSSR count). The van der Waals surface area contributed by atoms with Gasteiger partial charge < -0.3 is 5.32 Å². The highest BCUT2D eigenvalue weighted by Crippen LogP contribution is 2.44. The molecule has 3 heterocycles. The predicted octanol–water partition coefficient (Wildman–Crippen LogP) is 3.67. The summed E-state index contributed by atoms with van der Waals surface area (Å²) in [4.78, 5) is 8.19. The number of likely N-dealkylation sites (N-methyl/N-ethyl adjacent to an activating group) is 1. The van der Waals surface area contributed by atoms with Crippen LogP contribution >= 0.6 is 11.3 Å². The normalized spacial score (nSPS) is 28.8. The van der Waals surface area contributed by atoms with Gasteiger partial charge in [0, 0.05) is 38.8 Å². The Balaban J connectivity index is 1.36. The van der Waals surface area contributed by atoms with Crippen LogP contribution in [0.4, 0.5) is 15.9 Å². The third-order valence-corrected chi connectivity index (χ3v) is 10.0. The number of nitrogens with one attached hydrogen (secondary N) is 1. The zero-order valence-corrected chi connectivity index (χ0v) is 20.1. The number of nitrogens with zero attached hydrogens (tertiary/aromatic N) is 4. The van der Waals surface area contributed by atoms with Crippen molar-refractivity contribution in [2.45, 2.75) is 63.2 Å². The van der Waals surface area contributed by atoms with Crippen molar-refractivity contribution >= 4 is 33.1 Å². The lowest BCUT2D eigenvalue weighted by Gasteiger charge is -2.47. The van der Waals surface area contributed by atoms with Crippen LogP contribution < -0.4 is 9.62 Å². The van der Waals surface area contributed by atoms with Gasteiger partial charge in [0.2, 0.25) is 0 Å². The molecule has 10 heteroatoms. The summed E-state index contributed by atoms with van der Waals surface area (Å²) in [5.41, 5.74) is 1.73. The van der Waals surface area contributed by atoms with Crippen molar-refractivity contribution < 1.29 is 12.8 Å². The summed E-state index contributed by atoms with van der Waals surface area (Å²) in [5.74, 6) is 0.571. The lowest BCUT2D eigenvalue weighted by Crippen LogP contribution is -2.57. The molecule has 1 aromatic heterocycles. The predicted molar refractivity (Wildman–Crippen MR) is 126 cm³/mol. The van der Waals surface area contributed by atoms with Crippen LogP contribution in [0.2, 0.25) is 0 Å². The van der Waals surface area contributed by atoms with E-state index < -0.39 is 21.6 Å². The van der Waals surface area contributed by atoms with Gasteiger partial charge in [-0.3, -0.25) is 9.21 Å². The Hall–Kier alpha value is -1.75. The fraction of sp³-hybridized carbons (Fsp3) is 0.591. The van der Waals surface area contributed by atoms with Crippen LogP contribution in [0.5, 0.6) is 0 Å². The maximum atomic E-state index is 14.0. The van der Waals surface area contributed by atoms with Crippen molar-refractivity contribution in [3.63, 3.8) is 0 Å². The number of halogens is 1. The molecule has 7 nitrogen and oxygen atoms in total. The molecule has 1 N–H and O–H groups in total. The van der Waals surface area contributed by atoms with Crippen LogP contribution in [0.1, 0.15) is 43.9 Å². The Morgan fingerprint density at radius 2 is 2.16 bits per heavy atom. The molecule has 1 saturated carbocycles. The van der Waals surface area contributed by atoms with Gasteiger partial charge in [-0.25, -0.2) is 9.37 Å². The maximum Gasteiger partial charge on any atom is 0.304 e. The van der Waals surface area contributed by atoms with E-state index in [1.54, 1.807) is 30.5 Å². The zero-order chi connectivity index (χ0) is 22.5. The van der Waals surface area contributed by atoms with Gasteiger partial charge in [0.25, 0.3) is 0 Å². The minimum Gasteiger partial charge on any atom is -0.366 e. The number of hydrogen-bond acceptors (Lipinski definition) is 6. The van der Waals surface area contributed by atoms with E-state index in [9.17, 15) is 12.8 Å². The van der Waals surface area contributed by atoms with Crippen LogP contribution in [-0.4, -0.2) is 60.4 Å². The van der Waals surface area contributed by atoms with Crippen molar-refractivity contribution in [3.05, 3.63) is 40.5 Å². The SMILES string of the molecule is C[C@H]1C[C@]2(CCN1Cc1scnc1NC1CCC1)CN(C)S(=O)(=O)N2c1cccc(F)c1. The summed E-state index contributed by atoms with van der Waals surface area (Å²) >= 11 is 1.67. The number of piperidine rings is 1. The summed E-state index contributed by atoms with van der Waals surface area (Å²) in [6.45, 7) is 4.16. The van der Waals surface area contributed by atoms with E-state index in [4.69, 9.17) is 0 Å². The Kier molecular flexibility index (Phi) is 5.68. The zero-order valence-electron chi connectivity index (χ0n) is 18.5. The number of rotatable bonds is 5. The molecule has 2 atom stereocenters. The van der Waals surface area contributed by atoms with E-state index in [1.807, 2.05) is 5.51 Å². The number of likely N-dealkylation sites (tertiary alicyclic amines) is 1. The molecule has 0 amide bonds. The molecule has 0 radical (unpaired) electrons. The van der Waals surface area contributed by atoms with Gasteiger partial charge in [-0.05, 0) is 57.2 Å². The van der Waals surface area contributed by atoms with Crippen LogP contribution in [0, 0.1) is 5.82 Å². The summed E-state index contributed by atoms with van der Waals surface area (Å²) in [6.07, 6.45) is 5.08. The second-order valence-corrected chi connectivity index (χ2v) is 12.2. The standard InChI is InChI=1S/C22H30FN5O2S2/c1-16-12-22(14-26(2)32(29,30)28(22)19-8-3-5-17(23)11-19)9-10-27(16)13-20-21(24-15-31-20)25-18-6-4-7-18/h3,5,8,11,15-16,18,25H,4,6-7,9-10,12-14H2,1-2H3/t16-,22+/m0/s1. The molecule has 174 valence electrons. The summed E-state index contributed by atoms with van der Waals surface area (Å²) in [6, 6.07) is 6.65. The van der Waals surface area contributed by atoms with E-state index in [0.29, 0.717) is 31.1 Å². The van der Waals surface area contributed by atoms with Gasteiger partial charge in [-0.15, -0.1) is 11.3 Å². The molecule has 3 fully saturated rings. The molecule has 2 aliphatic heterocycles. The van der Waals surface area contributed by atoms with Crippen LogP contribution in [-0.2, 0) is 16.8 Å². The lowest BCUT2D eigenvalue weighted by molar-refractivity contribution is 0.101. The monoisotopic (exact) mass is 479 g/mol. The van der Waals surface area contributed by atoms with Gasteiger partial charge in [-0.2, -0.15) is 12.7 Å². The molecule has 0 unspecified atom stereocenters. The highest BCUT2D eigenvalue weighted by Gasteiger charge is 2.55. The molecule has 3 aliphatic rings. The van der Waals surface area contributed by atoms with Gasteiger partial charge >= 0.3 is 10.2 Å². The lowest BCUT2D eigenvalue weighted by atomic mass is 9.83. The molecule has 32 heavy (non-hydrogen) atoms. The molecule has 0 bridgehead atoms. The molecular weight excluding hydrogens is 449 g/mol. The number of anilines is 2. The van der Waals surface area contributed by atoms with Crippen LogP contribution in [0.25, 0.3) is 0 Å². The number of hydrogen-bond donors (Lipinski definition) is 1. The fourth-order valence-corrected chi connectivity index (χ4v) is 7.82. The maximum absolute atomic E-state index is 14.0. The Morgan fingerprint density at radius 1 is 1.34 bits per heavy atom. The topological polar surface area (TPSA) is 68.8 Å². The van der Waals surface area contributed by atoms with E-state index in [0.717, 1.165) is 18.9 Å². The van der Waals surface area contributed by atoms with Crippen molar-refractivity contribution in [3.8, 4) is 0 Å². The number of benzene rings is 1. The molecule has 1 aromatic carbocycles. The van der Waals surface area contributed by atoms with Gasteiger partial charge in [0.1, 0.15) is 11.6 Å². The first-order chi connectivity index (χ1) is 15.3. The first-order valence-electron chi connectivity index (χ1n) is 11.2. The minimum atomic E-state index is -3.69. The second-order valence-electron chi connectivity index (χ2n) is 9.40. The van der Waals surface area contributed by atoms with Crippen molar-refractivity contribution in [1.82, 2.24) is 14.2 Å². The molecular formula is C22H30FN5O2S2. The fourth-order valence-electron chi connectivity index (χ4n) is 5.30. The van der Waals surface area contributed by atoms with Gasteiger partial charge in [0.15, 0.2) is 0 Å².